The number of nitrogens with one attached hydrogen (secondary N) is 1. The Morgan fingerprint density at radius 3 is 2.68 bits per heavy atom. The van der Waals surface area contributed by atoms with Crippen LogP contribution in [0, 0.1) is 0 Å². The van der Waals surface area contributed by atoms with Crippen LogP contribution in [0.25, 0.3) is 0 Å². The Labute approximate surface area is 114 Å². The minimum absolute atomic E-state index is 0.0563. The van der Waals surface area contributed by atoms with Crippen LogP contribution in [0.3, 0.4) is 0 Å². The van der Waals surface area contributed by atoms with Crippen LogP contribution in [0.4, 0.5) is 0 Å². The van der Waals surface area contributed by atoms with Crippen LogP contribution in [-0.4, -0.2) is 36.1 Å². The molecule has 0 bridgehead atoms. The van der Waals surface area contributed by atoms with Crippen molar-refractivity contribution >= 4 is 5.91 Å². The molecule has 1 N–H and O–H groups in total. The van der Waals surface area contributed by atoms with Gasteiger partial charge < -0.3 is 9.64 Å². The van der Waals surface area contributed by atoms with Crippen molar-refractivity contribution in [2.45, 2.75) is 39.0 Å². The summed E-state index contributed by atoms with van der Waals surface area (Å²) >= 11 is 0. The Hall–Kier alpha value is -1.39. The lowest BCUT2D eigenvalue weighted by Crippen LogP contribution is -2.41. The zero-order chi connectivity index (χ0) is 13.8. The maximum absolute atomic E-state index is 12.3. The van der Waals surface area contributed by atoms with Gasteiger partial charge in [-0.1, -0.05) is 30.3 Å². The van der Waals surface area contributed by atoms with E-state index in [-0.39, 0.29) is 24.2 Å². The average molecular weight is 262 g/mol. The standard InChI is InChI=1S/C15H22N2O2/c1-4-19-10-11(2)17-14(16-12(3)15(17)18)13-8-6-5-7-9-13/h5-9,11-12,14,16H,4,10H2,1-3H3. The summed E-state index contributed by atoms with van der Waals surface area (Å²) < 4.78 is 5.45. The number of carbonyl (C=O) groups is 1. The van der Waals surface area contributed by atoms with E-state index in [1.54, 1.807) is 0 Å². The maximum Gasteiger partial charge on any atom is 0.241 e. The molecule has 3 atom stereocenters. The minimum Gasteiger partial charge on any atom is -0.380 e. The van der Waals surface area contributed by atoms with Crippen LogP contribution >= 0.6 is 0 Å². The second-order valence-electron chi connectivity index (χ2n) is 4.96. The summed E-state index contributed by atoms with van der Waals surface area (Å²) in [7, 11) is 0. The second kappa shape index (κ2) is 6.17. The number of carbonyl (C=O) groups excluding carboxylic acids is 1. The molecule has 1 aliphatic heterocycles. The van der Waals surface area contributed by atoms with Crippen molar-refractivity contribution in [3.05, 3.63) is 35.9 Å². The SMILES string of the molecule is CCOCC(C)N1C(=O)C(C)NC1c1ccccc1. The van der Waals surface area contributed by atoms with Gasteiger partial charge in [0, 0.05) is 6.61 Å². The van der Waals surface area contributed by atoms with Gasteiger partial charge in [-0.05, 0) is 26.3 Å². The number of nitrogens with zero attached hydrogens (tertiary/aromatic N) is 1. The fourth-order valence-electron chi connectivity index (χ4n) is 2.47. The Balaban J connectivity index is 2.19. The minimum atomic E-state index is -0.144. The molecule has 0 radical (unpaired) electrons. The first-order chi connectivity index (χ1) is 9.15. The highest BCUT2D eigenvalue weighted by molar-refractivity contribution is 5.84. The van der Waals surface area contributed by atoms with Crippen molar-refractivity contribution in [3.63, 3.8) is 0 Å². The quantitative estimate of drug-likeness (QED) is 0.881. The van der Waals surface area contributed by atoms with Crippen molar-refractivity contribution in [1.82, 2.24) is 10.2 Å². The molecule has 4 nitrogen and oxygen atoms in total. The van der Waals surface area contributed by atoms with E-state index in [1.165, 1.54) is 0 Å². The molecule has 2 rings (SSSR count). The van der Waals surface area contributed by atoms with Crippen LogP contribution in [0.15, 0.2) is 30.3 Å². The largest absolute Gasteiger partial charge is 0.380 e. The van der Waals surface area contributed by atoms with Gasteiger partial charge >= 0.3 is 0 Å². The average Bonchev–Trinajstić information content (AvgIpc) is 2.73. The molecule has 0 saturated carbocycles. The van der Waals surface area contributed by atoms with Gasteiger partial charge in [0.15, 0.2) is 0 Å². The summed E-state index contributed by atoms with van der Waals surface area (Å²) in [6.45, 7) is 7.15. The molecule has 104 valence electrons. The Bertz CT molecular complexity index is 421. The molecular weight excluding hydrogens is 240 g/mol. The van der Waals surface area contributed by atoms with Gasteiger partial charge in [-0.15, -0.1) is 0 Å². The summed E-state index contributed by atoms with van der Waals surface area (Å²) in [6.07, 6.45) is -0.0563. The van der Waals surface area contributed by atoms with E-state index in [1.807, 2.05) is 56.0 Å². The molecule has 1 amide bonds. The monoisotopic (exact) mass is 262 g/mol. The lowest BCUT2D eigenvalue weighted by atomic mass is 10.1. The number of ether oxygens (including phenoxy) is 1. The van der Waals surface area contributed by atoms with Crippen LogP contribution in [0.5, 0.6) is 0 Å². The summed E-state index contributed by atoms with van der Waals surface area (Å²) in [5.74, 6) is 0.140. The fraction of sp³-hybridized carbons (Fsp3) is 0.533. The van der Waals surface area contributed by atoms with Crippen LogP contribution in [-0.2, 0) is 9.53 Å². The van der Waals surface area contributed by atoms with Crippen molar-refractivity contribution in [2.75, 3.05) is 13.2 Å². The van der Waals surface area contributed by atoms with Gasteiger partial charge in [0.05, 0.1) is 18.7 Å². The normalized spacial score (nSPS) is 24.8. The van der Waals surface area contributed by atoms with Crippen molar-refractivity contribution in [1.29, 1.82) is 0 Å². The third-order valence-corrected chi connectivity index (χ3v) is 3.46. The lowest BCUT2D eigenvalue weighted by molar-refractivity contribution is -0.133. The molecule has 1 aliphatic rings. The lowest BCUT2D eigenvalue weighted by Gasteiger charge is -2.30. The zero-order valence-electron chi connectivity index (χ0n) is 11.8. The van der Waals surface area contributed by atoms with Crippen molar-refractivity contribution in [2.24, 2.45) is 0 Å². The van der Waals surface area contributed by atoms with Gasteiger partial charge in [-0.2, -0.15) is 0 Å². The Morgan fingerprint density at radius 2 is 2.05 bits per heavy atom. The molecule has 0 aliphatic carbocycles. The number of amides is 1. The van der Waals surface area contributed by atoms with E-state index in [4.69, 9.17) is 4.74 Å². The first-order valence-electron chi connectivity index (χ1n) is 6.86. The van der Waals surface area contributed by atoms with Crippen molar-refractivity contribution in [3.8, 4) is 0 Å². The third kappa shape index (κ3) is 2.96. The fourth-order valence-corrected chi connectivity index (χ4v) is 2.47. The van der Waals surface area contributed by atoms with Gasteiger partial charge in [0.25, 0.3) is 0 Å². The zero-order valence-corrected chi connectivity index (χ0v) is 11.8. The molecule has 1 aromatic rings. The van der Waals surface area contributed by atoms with Crippen LogP contribution in [0.1, 0.15) is 32.5 Å². The summed E-state index contributed by atoms with van der Waals surface area (Å²) in [5, 5.41) is 3.35. The molecule has 4 heteroatoms. The summed E-state index contributed by atoms with van der Waals surface area (Å²) in [5.41, 5.74) is 1.11. The highest BCUT2D eigenvalue weighted by atomic mass is 16.5. The van der Waals surface area contributed by atoms with Gasteiger partial charge in [-0.25, -0.2) is 0 Å². The predicted molar refractivity (Wildman–Crippen MR) is 74.6 cm³/mol. The summed E-state index contributed by atoms with van der Waals surface area (Å²) in [6, 6.07) is 9.99. The van der Waals surface area contributed by atoms with Crippen LogP contribution < -0.4 is 5.32 Å². The predicted octanol–water partition coefficient (Wildman–Crippen LogP) is 1.93. The van der Waals surface area contributed by atoms with E-state index in [9.17, 15) is 4.79 Å². The number of benzene rings is 1. The molecule has 0 aromatic heterocycles. The molecule has 1 fully saturated rings. The van der Waals surface area contributed by atoms with Gasteiger partial charge in [-0.3, -0.25) is 10.1 Å². The van der Waals surface area contributed by atoms with Crippen LogP contribution in [0.2, 0.25) is 0 Å². The molecule has 0 spiro atoms. The van der Waals surface area contributed by atoms with E-state index < -0.39 is 0 Å². The van der Waals surface area contributed by atoms with E-state index in [0.29, 0.717) is 13.2 Å². The molecule has 1 heterocycles. The number of hydrogen-bond donors (Lipinski definition) is 1. The first kappa shape index (κ1) is 14.0. The molecule has 1 saturated heterocycles. The van der Waals surface area contributed by atoms with Crippen molar-refractivity contribution < 1.29 is 9.53 Å². The van der Waals surface area contributed by atoms with E-state index in [0.717, 1.165) is 5.56 Å². The molecule has 3 unspecified atom stereocenters. The summed E-state index contributed by atoms with van der Waals surface area (Å²) in [4.78, 5) is 14.2. The first-order valence-corrected chi connectivity index (χ1v) is 6.86. The number of rotatable bonds is 5. The van der Waals surface area contributed by atoms with E-state index in [2.05, 4.69) is 5.32 Å². The maximum atomic E-state index is 12.3. The van der Waals surface area contributed by atoms with Gasteiger partial charge in [0.2, 0.25) is 5.91 Å². The highest BCUT2D eigenvalue weighted by Gasteiger charge is 2.39. The molecule has 1 aromatic carbocycles. The topological polar surface area (TPSA) is 41.6 Å². The highest BCUT2D eigenvalue weighted by Crippen LogP contribution is 2.27. The number of hydrogen-bond acceptors (Lipinski definition) is 3. The molecule has 19 heavy (non-hydrogen) atoms. The third-order valence-electron chi connectivity index (χ3n) is 3.46. The Morgan fingerprint density at radius 1 is 1.37 bits per heavy atom. The smallest absolute Gasteiger partial charge is 0.241 e. The van der Waals surface area contributed by atoms with Gasteiger partial charge in [0.1, 0.15) is 6.17 Å². The second-order valence-corrected chi connectivity index (χ2v) is 4.96. The Kier molecular flexibility index (Phi) is 4.56. The van der Waals surface area contributed by atoms with E-state index >= 15 is 0 Å². The molecular formula is C15H22N2O2.